The fourth-order valence-electron chi connectivity index (χ4n) is 3.25. The minimum Gasteiger partial charge on any atom is -0.356 e. The predicted molar refractivity (Wildman–Crippen MR) is 116 cm³/mol. The third kappa shape index (κ3) is 5.98. The van der Waals surface area contributed by atoms with Crippen LogP contribution in [0.25, 0.3) is 0 Å². The van der Waals surface area contributed by atoms with Crippen molar-refractivity contribution in [3.05, 3.63) is 89.7 Å². The molecule has 3 rings (SSSR count). The SMILES string of the molecule is CN=C(NCCn1cc(C)cn1)NCC(Cc1ccccc1)c1ccccc1. The molecule has 1 aromatic heterocycles. The first-order chi connectivity index (χ1) is 13.7. The van der Waals surface area contributed by atoms with Crippen LogP contribution in [0.5, 0.6) is 0 Å². The molecule has 0 saturated carbocycles. The van der Waals surface area contributed by atoms with E-state index in [1.165, 1.54) is 16.7 Å². The molecule has 5 nitrogen and oxygen atoms in total. The van der Waals surface area contributed by atoms with E-state index in [0.29, 0.717) is 5.92 Å². The number of aromatic nitrogens is 2. The van der Waals surface area contributed by atoms with Crippen molar-refractivity contribution in [2.24, 2.45) is 4.99 Å². The summed E-state index contributed by atoms with van der Waals surface area (Å²) in [7, 11) is 1.81. The zero-order valence-corrected chi connectivity index (χ0v) is 16.7. The largest absolute Gasteiger partial charge is 0.356 e. The lowest BCUT2D eigenvalue weighted by atomic mass is 9.92. The van der Waals surface area contributed by atoms with Gasteiger partial charge in [0.2, 0.25) is 0 Å². The van der Waals surface area contributed by atoms with E-state index in [1.54, 1.807) is 0 Å². The third-order valence-corrected chi connectivity index (χ3v) is 4.73. The molecule has 0 fully saturated rings. The lowest BCUT2D eigenvalue weighted by Crippen LogP contribution is -2.41. The second kappa shape index (κ2) is 10.3. The van der Waals surface area contributed by atoms with Crippen molar-refractivity contribution in [3.8, 4) is 0 Å². The maximum absolute atomic E-state index is 4.36. The zero-order valence-electron chi connectivity index (χ0n) is 16.7. The second-order valence-electron chi connectivity index (χ2n) is 6.96. The van der Waals surface area contributed by atoms with Gasteiger partial charge in [-0.05, 0) is 30.0 Å². The van der Waals surface area contributed by atoms with Crippen LogP contribution in [0.4, 0.5) is 0 Å². The quantitative estimate of drug-likeness (QED) is 0.469. The topological polar surface area (TPSA) is 54.2 Å². The Bertz CT molecular complexity index is 855. The normalized spacial score (nSPS) is 12.6. The minimum absolute atomic E-state index is 0.371. The van der Waals surface area contributed by atoms with Crippen molar-refractivity contribution < 1.29 is 0 Å². The Morgan fingerprint density at radius 2 is 1.75 bits per heavy atom. The maximum Gasteiger partial charge on any atom is 0.191 e. The molecule has 0 saturated heterocycles. The van der Waals surface area contributed by atoms with E-state index in [4.69, 9.17) is 0 Å². The molecule has 5 heteroatoms. The molecule has 3 aromatic rings. The molecule has 0 bridgehead atoms. The number of hydrogen-bond acceptors (Lipinski definition) is 2. The van der Waals surface area contributed by atoms with Gasteiger partial charge >= 0.3 is 0 Å². The smallest absolute Gasteiger partial charge is 0.191 e. The van der Waals surface area contributed by atoms with E-state index in [2.05, 4.69) is 81.4 Å². The third-order valence-electron chi connectivity index (χ3n) is 4.73. The summed E-state index contributed by atoms with van der Waals surface area (Å²) < 4.78 is 1.94. The van der Waals surface area contributed by atoms with Crippen molar-refractivity contribution in [1.29, 1.82) is 0 Å². The summed E-state index contributed by atoms with van der Waals surface area (Å²) in [5.74, 6) is 1.19. The van der Waals surface area contributed by atoms with Crippen molar-refractivity contribution in [2.75, 3.05) is 20.1 Å². The first-order valence-corrected chi connectivity index (χ1v) is 9.77. The van der Waals surface area contributed by atoms with Gasteiger partial charge in [0.15, 0.2) is 5.96 Å². The number of benzene rings is 2. The van der Waals surface area contributed by atoms with E-state index in [0.717, 1.165) is 32.0 Å². The van der Waals surface area contributed by atoms with Crippen molar-refractivity contribution in [3.63, 3.8) is 0 Å². The van der Waals surface area contributed by atoms with Crippen LogP contribution in [0.2, 0.25) is 0 Å². The lowest BCUT2D eigenvalue weighted by molar-refractivity contribution is 0.591. The van der Waals surface area contributed by atoms with Crippen molar-refractivity contribution in [2.45, 2.75) is 25.8 Å². The highest BCUT2D eigenvalue weighted by Crippen LogP contribution is 2.20. The summed E-state index contributed by atoms with van der Waals surface area (Å²) in [6.07, 6.45) is 4.91. The maximum atomic E-state index is 4.36. The highest BCUT2D eigenvalue weighted by atomic mass is 15.3. The Kier molecular flexibility index (Phi) is 7.24. The number of nitrogens with one attached hydrogen (secondary N) is 2. The number of hydrogen-bond donors (Lipinski definition) is 2. The Balaban J connectivity index is 1.56. The van der Waals surface area contributed by atoms with Crippen LogP contribution in [0.1, 0.15) is 22.6 Å². The van der Waals surface area contributed by atoms with Crippen LogP contribution in [0.3, 0.4) is 0 Å². The van der Waals surface area contributed by atoms with Crippen molar-refractivity contribution in [1.82, 2.24) is 20.4 Å². The van der Waals surface area contributed by atoms with E-state index in [-0.39, 0.29) is 0 Å². The number of nitrogens with zero attached hydrogens (tertiary/aromatic N) is 3. The van der Waals surface area contributed by atoms with Crippen LogP contribution in [0, 0.1) is 6.92 Å². The van der Waals surface area contributed by atoms with E-state index in [1.807, 2.05) is 31.0 Å². The molecule has 0 radical (unpaired) electrons. The van der Waals surface area contributed by atoms with Gasteiger partial charge < -0.3 is 10.6 Å². The molecule has 1 unspecified atom stereocenters. The molecule has 1 heterocycles. The number of guanidine groups is 1. The van der Waals surface area contributed by atoms with Crippen molar-refractivity contribution >= 4 is 5.96 Å². The lowest BCUT2D eigenvalue weighted by Gasteiger charge is -2.20. The van der Waals surface area contributed by atoms with Crippen LogP contribution in [0.15, 0.2) is 78.0 Å². The van der Waals surface area contributed by atoms with E-state index < -0.39 is 0 Å². The zero-order chi connectivity index (χ0) is 19.6. The van der Waals surface area contributed by atoms with Crippen LogP contribution in [-0.2, 0) is 13.0 Å². The molecule has 2 N–H and O–H groups in total. The monoisotopic (exact) mass is 375 g/mol. The first kappa shape index (κ1) is 19.7. The van der Waals surface area contributed by atoms with E-state index >= 15 is 0 Å². The fraction of sp³-hybridized carbons (Fsp3) is 0.304. The number of aryl methyl sites for hydroxylation is 1. The molecule has 0 aliphatic rings. The summed E-state index contributed by atoms with van der Waals surface area (Å²) >= 11 is 0. The van der Waals surface area contributed by atoms with Gasteiger partial charge in [-0.1, -0.05) is 60.7 Å². The van der Waals surface area contributed by atoms with Gasteiger partial charge in [-0.2, -0.15) is 5.10 Å². The summed E-state index contributed by atoms with van der Waals surface area (Å²) in [5, 5.41) is 11.2. The van der Waals surface area contributed by atoms with Gasteiger partial charge in [0.1, 0.15) is 0 Å². The van der Waals surface area contributed by atoms with Crippen LogP contribution < -0.4 is 10.6 Å². The minimum atomic E-state index is 0.371. The Hall–Kier alpha value is -3.08. The average molecular weight is 376 g/mol. The van der Waals surface area contributed by atoms with Gasteiger partial charge in [0.05, 0.1) is 12.7 Å². The molecular formula is C23H29N5. The average Bonchev–Trinajstić information content (AvgIpc) is 3.16. The highest BCUT2D eigenvalue weighted by molar-refractivity contribution is 5.79. The predicted octanol–water partition coefficient (Wildman–Crippen LogP) is 3.38. The molecule has 0 amide bonds. The number of rotatable bonds is 8. The standard InChI is InChI=1S/C23H29N5/c1-19-16-27-28(18-19)14-13-25-23(24-2)26-17-22(21-11-7-4-8-12-21)15-20-9-5-3-6-10-20/h3-12,16,18,22H,13-15,17H2,1-2H3,(H2,24,25,26). The summed E-state index contributed by atoms with van der Waals surface area (Å²) in [6.45, 7) is 4.45. The van der Waals surface area contributed by atoms with Gasteiger partial charge in [0.25, 0.3) is 0 Å². The molecular weight excluding hydrogens is 346 g/mol. The number of aliphatic imine (C=N–C) groups is 1. The summed E-state index contributed by atoms with van der Waals surface area (Å²) in [4.78, 5) is 4.36. The molecule has 28 heavy (non-hydrogen) atoms. The van der Waals surface area contributed by atoms with Gasteiger partial charge in [0, 0.05) is 32.3 Å². The van der Waals surface area contributed by atoms with E-state index in [9.17, 15) is 0 Å². The fourth-order valence-corrected chi connectivity index (χ4v) is 3.25. The molecule has 1 atom stereocenters. The molecule has 146 valence electrons. The Labute approximate surface area is 167 Å². The van der Waals surface area contributed by atoms with Crippen LogP contribution in [-0.4, -0.2) is 35.9 Å². The highest BCUT2D eigenvalue weighted by Gasteiger charge is 2.13. The van der Waals surface area contributed by atoms with Gasteiger partial charge in [-0.15, -0.1) is 0 Å². The first-order valence-electron chi connectivity index (χ1n) is 9.77. The Morgan fingerprint density at radius 1 is 1.04 bits per heavy atom. The molecule has 2 aromatic carbocycles. The van der Waals surface area contributed by atoms with Gasteiger partial charge in [-0.3, -0.25) is 9.67 Å². The second-order valence-corrected chi connectivity index (χ2v) is 6.96. The van der Waals surface area contributed by atoms with Gasteiger partial charge in [-0.25, -0.2) is 0 Å². The molecule has 0 aliphatic carbocycles. The molecule has 0 aliphatic heterocycles. The summed E-state index contributed by atoms with van der Waals surface area (Å²) in [6, 6.07) is 21.3. The van der Waals surface area contributed by atoms with Crippen LogP contribution >= 0.6 is 0 Å². The molecule has 0 spiro atoms. The summed E-state index contributed by atoms with van der Waals surface area (Å²) in [5.41, 5.74) is 3.85. The Morgan fingerprint density at radius 3 is 2.39 bits per heavy atom.